The second-order valence-electron chi connectivity index (χ2n) is 7.60. The van der Waals surface area contributed by atoms with Gasteiger partial charge in [-0.05, 0) is 49.9 Å². The number of piperidine rings is 1. The Kier molecular flexibility index (Phi) is 6.20. The zero-order valence-electron chi connectivity index (χ0n) is 17.8. The quantitative estimate of drug-likeness (QED) is 0.736. The fraction of sp³-hybridized carbons (Fsp3) is 0.455. The third-order valence-electron chi connectivity index (χ3n) is 5.80. The molecule has 1 N–H and O–H groups in total. The lowest BCUT2D eigenvalue weighted by Gasteiger charge is -2.38. The van der Waals surface area contributed by atoms with E-state index in [1.165, 1.54) is 6.33 Å². The van der Waals surface area contributed by atoms with Crippen LogP contribution in [-0.4, -0.2) is 66.3 Å². The second-order valence-corrected chi connectivity index (χ2v) is 7.60. The monoisotopic (exact) mass is 425 g/mol. The third kappa shape index (κ3) is 4.55. The number of anilines is 2. The van der Waals surface area contributed by atoms with E-state index in [1.807, 2.05) is 23.1 Å². The Labute approximate surface area is 181 Å². The number of benzene rings is 1. The van der Waals surface area contributed by atoms with Gasteiger partial charge in [0, 0.05) is 37.4 Å². The molecule has 2 aliphatic heterocycles. The van der Waals surface area contributed by atoms with E-state index in [0.29, 0.717) is 19.0 Å². The van der Waals surface area contributed by atoms with Gasteiger partial charge in [0.1, 0.15) is 17.9 Å². The van der Waals surface area contributed by atoms with Crippen molar-refractivity contribution in [2.24, 2.45) is 0 Å². The lowest BCUT2D eigenvalue weighted by molar-refractivity contribution is 0.0519. The molecule has 2 amide bonds. The molecule has 31 heavy (non-hydrogen) atoms. The minimum absolute atomic E-state index is 0.0611. The molecule has 4 rings (SSSR count). The molecular formula is C22H27N5O4. The number of aromatic nitrogens is 2. The number of urea groups is 1. The lowest BCUT2D eigenvalue weighted by atomic mass is 10.0. The molecule has 1 aromatic heterocycles. The molecule has 0 radical (unpaired) electrons. The smallest absolute Gasteiger partial charge is 0.357 e. The van der Waals surface area contributed by atoms with Gasteiger partial charge < -0.3 is 24.6 Å². The summed E-state index contributed by atoms with van der Waals surface area (Å²) in [4.78, 5) is 37.2. The molecule has 3 heterocycles. The molecule has 2 aromatic rings. The van der Waals surface area contributed by atoms with Gasteiger partial charge in [-0.25, -0.2) is 19.6 Å². The SMILES string of the molecule is CCOC(=O)c1cc(N2CCC(N3CCc4cc(OC)ccc4NC3=O)CC2)ncn1. The molecule has 1 aromatic carbocycles. The van der Waals surface area contributed by atoms with Crippen LogP contribution in [0.3, 0.4) is 0 Å². The normalized spacial score (nSPS) is 16.9. The first kappa shape index (κ1) is 20.9. The number of hydrogen-bond acceptors (Lipinski definition) is 7. The van der Waals surface area contributed by atoms with Gasteiger partial charge in [-0.1, -0.05) is 0 Å². The number of carbonyl (C=O) groups is 2. The molecular weight excluding hydrogens is 398 g/mol. The third-order valence-corrected chi connectivity index (χ3v) is 5.80. The predicted octanol–water partition coefficient (Wildman–Crippen LogP) is 2.72. The summed E-state index contributed by atoms with van der Waals surface area (Å²) in [6, 6.07) is 7.50. The molecule has 1 saturated heterocycles. The minimum atomic E-state index is -0.446. The maximum absolute atomic E-state index is 12.9. The summed E-state index contributed by atoms with van der Waals surface area (Å²) in [6.07, 6.45) is 3.82. The van der Waals surface area contributed by atoms with Gasteiger partial charge >= 0.3 is 12.0 Å². The Hall–Kier alpha value is -3.36. The van der Waals surface area contributed by atoms with Crippen molar-refractivity contribution in [3.63, 3.8) is 0 Å². The van der Waals surface area contributed by atoms with Crippen LogP contribution in [0.25, 0.3) is 0 Å². The second kappa shape index (κ2) is 9.20. The van der Waals surface area contributed by atoms with E-state index in [4.69, 9.17) is 9.47 Å². The van der Waals surface area contributed by atoms with Crippen LogP contribution in [0.5, 0.6) is 5.75 Å². The minimum Gasteiger partial charge on any atom is -0.497 e. The zero-order chi connectivity index (χ0) is 21.8. The van der Waals surface area contributed by atoms with Crippen LogP contribution in [0.4, 0.5) is 16.3 Å². The predicted molar refractivity (Wildman–Crippen MR) is 116 cm³/mol. The van der Waals surface area contributed by atoms with Gasteiger partial charge in [0.2, 0.25) is 0 Å². The Morgan fingerprint density at radius 3 is 2.74 bits per heavy atom. The topological polar surface area (TPSA) is 96.9 Å². The highest BCUT2D eigenvalue weighted by Gasteiger charge is 2.30. The van der Waals surface area contributed by atoms with Crippen molar-refractivity contribution in [1.29, 1.82) is 0 Å². The fourth-order valence-electron chi connectivity index (χ4n) is 4.15. The van der Waals surface area contributed by atoms with E-state index >= 15 is 0 Å². The molecule has 0 atom stereocenters. The van der Waals surface area contributed by atoms with Crippen LogP contribution in [0.2, 0.25) is 0 Å². The first-order chi connectivity index (χ1) is 15.1. The zero-order valence-corrected chi connectivity index (χ0v) is 17.8. The highest BCUT2D eigenvalue weighted by atomic mass is 16.5. The number of methoxy groups -OCH3 is 1. The van der Waals surface area contributed by atoms with Crippen molar-refractivity contribution in [3.8, 4) is 5.75 Å². The molecule has 0 spiro atoms. The summed E-state index contributed by atoms with van der Waals surface area (Å²) < 4.78 is 10.3. The summed E-state index contributed by atoms with van der Waals surface area (Å²) >= 11 is 0. The standard InChI is InChI=1S/C22H27N5O4/c1-3-31-21(28)19-13-20(24-14-23-19)26-9-7-16(8-10-26)27-11-6-15-12-17(30-2)4-5-18(15)25-22(27)29/h4-5,12-14,16H,3,6-11H2,1-2H3,(H,25,29). The molecule has 2 aliphatic rings. The molecule has 9 nitrogen and oxygen atoms in total. The van der Waals surface area contributed by atoms with E-state index in [9.17, 15) is 9.59 Å². The van der Waals surface area contributed by atoms with Crippen LogP contribution in [0.15, 0.2) is 30.6 Å². The summed E-state index contributed by atoms with van der Waals surface area (Å²) in [5, 5.41) is 3.04. The average Bonchev–Trinajstić information content (AvgIpc) is 2.97. The van der Waals surface area contributed by atoms with Gasteiger partial charge in [-0.2, -0.15) is 0 Å². The van der Waals surface area contributed by atoms with Crippen LogP contribution >= 0.6 is 0 Å². The van der Waals surface area contributed by atoms with Gasteiger partial charge in [0.15, 0.2) is 5.69 Å². The van der Waals surface area contributed by atoms with Gasteiger partial charge in [0.05, 0.1) is 13.7 Å². The highest BCUT2D eigenvalue weighted by molar-refractivity contribution is 5.91. The van der Waals surface area contributed by atoms with Crippen molar-refractivity contribution in [2.75, 3.05) is 43.6 Å². The molecule has 0 unspecified atom stereocenters. The molecule has 0 aliphatic carbocycles. The average molecular weight is 425 g/mol. The number of nitrogens with zero attached hydrogens (tertiary/aromatic N) is 4. The van der Waals surface area contributed by atoms with Gasteiger partial charge in [-0.3, -0.25) is 0 Å². The van der Waals surface area contributed by atoms with Crippen molar-refractivity contribution < 1.29 is 19.1 Å². The van der Waals surface area contributed by atoms with Crippen molar-refractivity contribution >= 4 is 23.5 Å². The highest BCUT2D eigenvalue weighted by Crippen LogP contribution is 2.28. The number of amides is 2. The van der Waals surface area contributed by atoms with E-state index in [2.05, 4.69) is 20.2 Å². The summed E-state index contributed by atoms with van der Waals surface area (Å²) in [5.74, 6) is 1.05. The molecule has 1 fully saturated rings. The molecule has 9 heteroatoms. The van der Waals surface area contributed by atoms with Crippen molar-refractivity contribution in [2.45, 2.75) is 32.2 Å². The van der Waals surface area contributed by atoms with E-state index in [-0.39, 0.29) is 17.8 Å². The number of hydrogen-bond donors (Lipinski definition) is 1. The molecule has 0 bridgehead atoms. The number of esters is 1. The number of rotatable bonds is 5. The Morgan fingerprint density at radius 1 is 1.19 bits per heavy atom. The lowest BCUT2D eigenvalue weighted by Crippen LogP contribution is -2.49. The van der Waals surface area contributed by atoms with Gasteiger partial charge in [-0.15, -0.1) is 0 Å². The fourth-order valence-corrected chi connectivity index (χ4v) is 4.15. The first-order valence-corrected chi connectivity index (χ1v) is 10.6. The molecule has 0 saturated carbocycles. The Balaban J connectivity index is 1.39. The van der Waals surface area contributed by atoms with Crippen LogP contribution < -0.4 is 15.0 Å². The van der Waals surface area contributed by atoms with E-state index in [1.54, 1.807) is 20.1 Å². The van der Waals surface area contributed by atoms with Crippen molar-refractivity contribution in [1.82, 2.24) is 14.9 Å². The van der Waals surface area contributed by atoms with Crippen LogP contribution in [0, 0.1) is 0 Å². The van der Waals surface area contributed by atoms with Crippen molar-refractivity contribution in [3.05, 3.63) is 41.9 Å². The number of fused-ring (bicyclic) bond motifs is 1. The molecule has 164 valence electrons. The number of carbonyl (C=O) groups excluding carboxylic acids is 2. The summed E-state index contributed by atoms with van der Waals surface area (Å²) in [5.41, 5.74) is 2.19. The summed E-state index contributed by atoms with van der Waals surface area (Å²) in [7, 11) is 1.64. The van der Waals surface area contributed by atoms with E-state index in [0.717, 1.165) is 49.4 Å². The van der Waals surface area contributed by atoms with E-state index < -0.39 is 5.97 Å². The first-order valence-electron chi connectivity index (χ1n) is 10.6. The van der Waals surface area contributed by atoms with Crippen LogP contribution in [-0.2, 0) is 11.2 Å². The largest absolute Gasteiger partial charge is 0.497 e. The maximum atomic E-state index is 12.9. The summed E-state index contributed by atoms with van der Waals surface area (Å²) in [6.45, 7) is 4.22. The Bertz CT molecular complexity index is 959. The number of ether oxygens (including phenoxy) is 2. The van der Waals surface area contributed by atoms with Crippen LogP contribution in [0.1, 0.15) is 35.8 Å². The maximum Gasteiger partial charge on any atom is 0.357 e. The number of nitrogens with one attached hydrogen (secondary N) is 1. The van der Waals surface area contributed by atoms with Gasteiger partial charge in [0.25, 0.3) is 0 Å². The Morgan fingerprint density at radius 2 is 2.00 bits per heavy atom.